The van der Waals surface area contributed by atoms with E-state index < -0.39 is 24.5 Å². The van der Waals surface area contributed by atoms with Crippen LogP contribution < -0.4 is 25.8 Å². The number of aryl methyl sites for hydroxylation is 1. The number of ether oxygens (including phenoxy) is 3. The van der Waals surface area contributed by atoms with Crippen LogP contribution in [0.3, 0.4) is 0 Å². The van der Waals surface area contributed by atoms with Gasteiger partial charge in [-0.05, 0) is 44.5 Å². The second kappa shape index (κ2) is 10.7. The molecule has 0 aliphatic heterocycles. The lowest BCUT2D eigenvalue weighted by Crippen LogP contribution is -2.37. The number of benzene rings is 2. The summed E-state index contributed by atoms with van der Waals surface area (Å²) in [5, 5.41) is 4.59. The Kier molecular flexibility index (Phi) is 8.04. The van der Waals surface area contributed by atoms with E-state index in [1.165, 1.54) is 6.07 Å². The third-order valence-electron chi connectivity index (χ3n) is 3.93. The molecule has 0 atom stereocenters. The summed E-state index contributed by atoms with van der Waals surface area (Å²) in [5.41, 5.74) is 7.39. The van der Waals surface area contributed by atoms with Gasteiger partial charge < -0.3 is 25.3 Å². The molecule has 0 saturated carbocycles. The number of imide groups is 1. The molecule has 0 aliphatic rings. The van der Waals surface area contributed by atoms with Crippen molar-refractivity contribution in [1.82, 2.24) is 5.32 Å². The lowest BCUT2D eigenvalue weighted by atomic mass is 10.1. The molecule has 9 nitrogen and oxygen atoms in total. The minimum atomic E-state index is -0.789. The number of amides is 3. The molecule has 0 saturated heterocycles. The first-order valence-corrected chi connectivity index (χ1v) is 9.38. The van der Waals surface area contributed by atoms with E-state index in [-0.39, 0.29) is 11.3 Å². The molecule has 9 heteroatoms. The van der Waals surface area contributed by atoms with Gasteiger partial charge in [-0.2, -0.15) is 0 Å². The van der Waals surface area contributed by atoms with Crippen molar-refractivity contribution >= 4 is 29.3 Å². The van der Waals surface area contributed by atoms with Gasteiger partial charge in [0.25, 0.3) is 5.91 Å². The van der Waals surface area contributed by atoms with Crippen LogP contribution in [0.15, 0.2) is 36.4 Å². The number of hydrogen-bond acceptors (Lipinski definition) is 7. The quantitative estimate of drug-likeness (QED) is 0.446. The molecule has 4 N–H and O–H groups in total. The van der Waals surface area contributed by atoms with Crippen molar-refractivity contribution in [3.05, 3.63) is 47.5 Å². The summed E-state index contributed by atoms with van der Waals surface area (Å²) in [6.45, 7) is 5.68. The van der Waals surface area contributed by atoms with Gasteiger partial charge in [0, 0.05) is 17.4 Å². The van der Waals surface area contributed by atoms with Crippen LogP contribution in [0.5, 0.6) is 11.5 Å². The second-order valence-corrected chi connectivity index (χ2v) is 6.14. The number of nitrogens with one attached hydrogen (secondary N) is 2. The van der Waals surface area contributed by atoms with Crippen molar-refractivity contribution in [3.8, 4) is 11.5 Å². The Morgan fingerprint density at radius 1 is 1.00 bits per heavy atom. The van der Waals surface area contributed by atoms with Gasteiger partial charge in [-0.15, -0.1) is 0 Å². The van der Waals surface area contributed by atoms with E-state index in [1.807, 2.05) is 13.8 Å². The summed E-state index contributed by atoms with van der Waals surface area (Å²) in [7, 11) is 0. The smallest absolute Gasteiger partial charge is 0.340 e. The minimum absolute atomic E-state index is 0.157. The largest absolute Gasteiger partial charge is 0.490 e. The topological polar surface area (TPSA) is 129 Å². The maximum absolute atomic E-state index is 12.1. The molecule has 0 aliphatic carbocycles. The first kappa shape index (κ1) is 22.5. The molecule has 0 fully saturated rings. The average molecular weight is 415 g/mol. The third kappa shape index (κ3) is 6.13. The number of para-hydroxylation sites is 1. The third-order valence-corrected chi connectivity index (χ3v) is 3.93. The molecule has 0 aromatic heterocycles. The predicted octanol–water partition coefficient (Wildman–Crippen LogP) is 2.88. The highest BCUT2D eigenvalue weighted by molar-refractivity contribution is 6.03. The van der Waals surface area contributed by atoms with Gasteiger partial charge in [0.15, 0.2) is 18.1 Å². The summed E-state index contributed by atoms with van der Waals surface area (Å²) >= 11 is 0. The fourth-order valence-electron chi connectivity index (χ4n) is 2.52. The lowest BCUT2D eigenvalue weighted by Gasteiger charge is -2.13. The number of nitrogens with two attached hydrogens (primary N) is 1. The van der Waals surface area contributed by atoms with Gasteiger partial charge in [-0.3, -0.25) is 10.1 Å². The number of anilines is 2. The van der Waals surface area contributed by atoms with Gasteiger partial charge in [0.1, 0.15) is 0 Å². The number of rotatable bonds is 8. The first-order valence-electron chi connectivity index (χ1n) is 9.38. The molecular formula is C21H25N3O6. The summed E-state index contributed by atoms with van der Waals surface area (Å²) < 4.78 is 15.9. The molecular weight excluding hydrogens is 390 g/mol. The lowest BCUT2D eigenvalue weighted by molar-refractivity contribution is -0.123. The second-order valence-electron chi connectivity index (χ2n) is 6.14. The van der Waals surface area contributed by atoms with Gasteiger partial charge >= 0.3 is 12.0 Å². The summed E-state index contributed by atoms with van der Waals surface area (Å²) in [4.78, 5) is 36.0. The van der Waals surface area contributed by atoms with Crippen molar-refractivity contribution in [2.75, 3.05) is 30.9 Å². The number of carbonyl (C=O) groups is 3. The van der Waals surface area contributed by atoms with Crippen molar-refractivity contribution in [1.29, 1.82) is 0 Å². The fraction of sp³-hybridized carbons (Fsp3) is 0.286. The zero-order valence-electron chi connectivity index (χ0n) is 17.1. The van der Waals surface area contributed by atoms with Crippen LogP contribution in [-0.2, 0) is 9.53 Å². The van der Waals surface area contributed by atoms with Gasteiger partial charge in [-0.25, -0.2) is 9.59 Å². The first-order chi connectivity index (χ1) is 14.3. The van der Waals surface area contributed by atoms with Gasteiger partial charge in [0.05, 0.1) is 18.8 Å². The molecule has 0 unspecified atom stereocenters. The van der Waals surface area contributed by atoms with Crippen molar-refractivity contribution in [2.45, 2.75) is 20.8 Å². The van der Waals surface area contributed by atoms with E-state index in [9.17, 15) is 14.4 Å². The Morgan fingerprint density at radius 3 is 2.40 bits per heavy atom. The number of urea groups is 1. The molecule has 160 valence electrons. The molecule has 2 aromatic rings. The van der Waals surface area contributed by atoms with Gasteiger partial charge in [0.2, 0.25) is 0 Å². The van der Waals surface area contributed by atoms with Crippen molar-refractivity contribution < 1.29 is 28.6 Å². The number of carbonyl (C=O) groups excluding carboxylic acids is 3. The SMILES string of the molecule is CCOc1ccc(NC(=O)NC(=O)COC(=O)c2cccc(C)c2N)cc1OCC. The average Bonchev–Trinajstić information content (AvgIpc) is 2.70. The Morgan fingerprint density at radius 2 is 1.70 bits per heavy atom. The normalized spacial score (nSPS) is 10.1. The Bertz CT molecular complexity index is 929. The monoisotopic (exact) mass is 415 g/mol. The van der Waals surface area contributed by atoms with Gasteiger partial charge in [-0.1, -0.05) is 12.1 Å². The zero-order chi connectivity index (χ0) is 22.1. The predicted molar refractivity (Wildman–Crippen MR) is 112 cm³/mol. The molecule has 0 spiro atoms. The number of esters is 1. The zero-order valence-corrected chi connectivity index (χ0v) is 17.1. The number of nitrogen functional groups attached to an aromatic ring is 1. The van der Waals surface area contributed by atoms with Crippen molar-refractivity contribution in [3.63, 3.8) is 0 Å². The highest BCUT2D eigenvalue weighted by Crippen LogP contribution is 2.30. The molecule has 2 rings (SSSR count). The molecule has 3 amide bonds. The van der Waals surface area contributed by atoms with Crippen LogP contribution in [0.25, 0.3) is 0 Å². The van der Waals surface area contributed by atoms with Crippen LogP contribution in [0, 0.1) is 6.92 Å². The van der Waals surface area contributed by atoms with Crippen LogP contribution >= 0.6 is 0 Å². The molecule has 2 aromatic carbocycles. The maximum atomic E-state index is 12.1. The molecule has 0 bridgehead atoms. The maximum Gasteiger partial charge on any atom is 0.340 e. The number of hydrogen-bond donors (Lipinski definition) is 3. The van der Waals surface area contributed by atoms with Crippen molar-refractivity contribution in [2.24, 2.45) is 0 Å². The molecule has 0 heterocycles. The van der Waals surface area contributed by atoms with Crippen LogP contribution in [0.1, 0.15) is 29.8 Å². The standard InChI is InChI=1S/C21H25N3O6/c1-4-28-16-10-9-14(11-17(16)29-5-2)23-21(27)24-18(25)12-30-20(26)15-8-6-7-13(3)19(15)22/h6-11H,4-5,12,22H2,1-3H3,(H2,23,24,25,27). The Hall–Kier alpha value is -3.75. The molecule has 30 heavy (non-hydrogen) atoms. The van der Waals surface area contributed by atoms with Crippen LogP contribution in [-0.4, -0.2) is 37.7 Å². The van der Waals surface area contributed by atoms with E-state index in [0.29, 0.717) is 30.4 Å². The summed E-state index contributed by atoms with van der Waals surface area (Å²) in [6.07, 6.45) is 0. The minimum Gasteiger partial charge on any atom is -0.490 e. The van der Waals surface area contributed by atoms with Crippen LogP contribution in [0.2, 0.25) is 0 Å². The molecule has 0 radical (unpaired) electrons. The summed E-state index contributed by atoms with van der Waals surface area (Å²) in [5.74, 6) is -0.528. The van der Waals surface area contributed by atoms with Crippen LogP contribution in [0.4, 0.5) is 16.2 Å². The van der Waals surface area contributed by atoms with E-state index in [0.717, 1.165) is 5.56 Å². The van der Waals surface area contributed by atoms with E-state index in [4.69, 9.17) is 19.9 Å². The van der Waals surface area contributed by atoms with E-state index in [1.54, 1.807) is 37.3 Å². The summed E-state index contributed by atoms with van der Waals surface area (Å²) in [6, 6.07) is 8.97. The van der Waals surface area contributed by atoms with E-state index >= 15 is 0 Å². The Labute approximate surface area is 174 Å². The highest BCUT2D eigenvalue weighted by atomic mass is 16.5. The Balaban J connectivity index is 1.90. The fourth-order valence-corrected chi connectivity index (χ4v) is 2.52. The van der Waals surface area contributed by atoms with E-state index in [2.05, 4.69) is 10.6 Å². The highest BCUT2D eigenvalue weighted by Gasteiger charge is 2.16.